The summed E-state index contributed by atoms with van der Waals surface area (Å²) >= 11 is 0. The van der Waals surface area contributed by atoms with E-state index in [1.807, 2.05) is 0 Å². The van der Waals surface area contributed by atoms with Gasteiger partial charge in [0, 0.05) is 0 Å². The zero-order valence-corrected chi connectivity index (χ0v) is 8.27. The van der Waals surface area contributed by atoms with Gasteiger partial charge in [0.2, 0.25) is 0 Å². The Morgan fingerprint density at radius 2 is 1.91 bits per heavy atom. The molecule has 0 bridgehead atoms. The largest absolute Gasteiger partial charge is 0.0651 e. The summed E-state index contributed by atoms with van der Waals surface area (Å²) in [6.45, 7) is 7.20. The molecule has 0 aliphatic heterocycles. The molecule has 0 amide bonds. The Bertz CT molecular complexity index is 107. The van der Waals surface area contributed by atoms with Crippen LogP contribution in [0.3, 0.4) is 0 Å². The van der Waals surface area contributed by atoms with E-state index in [-0.39, 0.29) is 0 Å². The zero-order chi connectivity index (χ0) is 8.27. The number of hydrogen-bond donors (Lipinski definition) is 0. The van der Waals surface area contributed by atoms with Gasteiger partial charge in [-0.1, -0.05) is 46.5 Å². The van der Waals surface area contributed by atoms with Crippen molar-refractivity contribution in [3.8, 4) is 0 Å². The molecule has 3 atom stereocenters. The van der Waals surface area contributed by atoms with Gasteiger partial charge in [-0.05, 0) is 24.2 Å². The van der Waals surface area contributed by atoms with E-state index in [4.69, 9.17) is 0 Å². The summed E-state index contributed by atoms with van der Waals surface area (Å²) in [6, 6.07) is 0. The third-order valence-corrected chi connectivity index (χ3v) is 3.38. The maximum absolute atomic E-state index is 2.44. The smallest absolute Gasteiger partial charge is 0.0391 e. The van der Waals surface area contributed by atoms with Gasteiger partial charge >= 0.3 is 0 Å². The van der Waals surface area contributed by atoms with E-state index in [0.717, 1.165) is 17.8 Å². The van der Waals surface area contributed by atoms with Gasteiger partial charge in [0.05, 0.1) is 0 Å². The molecule has 0 radical (unpaired) electrons. The van der Waals surface area contributed by atoms with Crippen LogP contribution in [0.2, 0.25) is 0 Å². The molecule has 0 aromatic carbocycles. The van der Waals surface area contributed by atoms with Crippen molar-refractivity contribution in [2.75, 3.05) is 0 Å². The van der Waals surface area contributed by atoms with E-state index < -0.39 is 0 Å². The topological polar surface area (TPSA) is 0 Å². The summed E-state index contributed by atoms with van der Waals surface area (Å²) in [5, 5.41) is 0. The Labute approximate surface area is 71.4 Å². The minimum atomic E-state index is 0.984. The molecule has 0 heterocycles. The maximum Gasteiger partial charge on any atom is -0.0391 e. The highest BCUT2D eigenvalue weighted by Gasteiger charge is 2.21. The van der Waals surface area contributed by atoms with Crippen molar-refractivity contribution in [2.45, 2.75) is 52.9 Å². The van der Waals surface area contributed by atoms with Gasteiger partial charge in [-0.25, -0.2) is 0 Å². The van der Waals surface area contributed by atoms with Crippen LogP contribution in [0, 0.1) is 17.8 Å². The summed E-state index contributed by atoms with van der Waals surface area (Å²) in [7, 11) is 0. The van der Waals surface area contributed by atoms with Crippen molar-refractivity contribution in [1.29, 1.82) is 0 Å². The SMILES string of the molecule is CCC1CCCC(C)CC1C. The van der Waals surface area contributed by atoms with Gasteiger partial charge in [-0.2, -0.15) is 0 Å². The molecule has 1 rings (SSSR count). The summed E-state index contributed by atoms with van der Waals surface area (Å²) in [5.74, 6) is 3.00. The molecule has 0 aromatic heterocycles. The third kappa shape index (κ3) is 2.50. The van der Waals surface area contributed by atoms with Crippen LogP contribution >= 0.6 is 0 Å². The van der Waals surface area contributed by atoms with Crippen molar-refractivity contribution in [3.05, 3.63) is 0 Å². The molecule has 0 spiro atoms. The van der Waals surface area contributed by atoms with E-state index in [0.29, 0.717) is 0 Å². The molecule has 0 N–H and O–H groups in total. The van der Waals surface area contributed by atoms with Crippen LogP contribution in [0.5, 0.6) is 0 Å². The average Bonchev–Trinajstić information content (AvgIpc) is 2.11. The fraction of sp³-hybridized carbons (Fsp3) is 1.00. The van der Waals surface area contributed by atoms with E-state index >= 15 is 0 Å². The first-order valence-electron chi connectivity index (χ1n) is 5.24. The Kier molecular flexibility index (Phi) is 3.42. The Morgan fingerprint density at radius 3 is 2.55 bits per heavy atom. The minimum Gasteiger partial charge on any atom is -0.0651 e. The van der Waals surface area contributed by atoms with Gasteiger partial charge in [0.25, 0.3) is 0 Å². The molecule has 0 aromatic rings. The number of rotatable bonds is 1. The van der Waals surface area contributed by atoms with Crippen molar-refractivity contribution in [2.24, 2.45) is 17.8 Å². The van der Waals surface area contributed by atoms with Gasteiger partial charge < -0.3 is 0 Å². The Hall–Kier alpha value is 0. The molecule has 0 heteroatoms. The molecule has 1 aliphatic carbocycles. The molecule has 1 aliphatic rings. The van der Waals surface area contributed by atoms with Gasteiger partial charge in [-0.15, -0.1) is 0 Å². The molecule has 3 unspecified atom stereocenters. The van der Waals surface area contributed by atoms with Crippen molar-refractivity contribution >= 4 is 0 Å². The second-order valence-corrected chi connectivity index (χ2v) is 4.42. The predicted molar refractivity (Wildman–Crippen MR) is 50.6 cm³/mol. The molecule has 1 fully saturated rings. The lowest BCUT2D eigenvalue weighted by Crippen LogP contribution is -2.09. The summed E-state index contributed by atoms with van der Waals surface area (Å²) in [4.78, 5) is 0. The van der Waals surface area contributed by atoms with Crippen molar-refractivity contribution in [1.82, 2.24) is 0 Å². The third-order valence-electron chi connectivity index (χ3n) is 3.38. The van der Waals surface area contributed by atoms with Crippen molar-refractivity contribution in [3.63, 3.8) is 0 Å². The second kappa shape index (κ2) is 4.13. The van der Waals surface area contributed by atoms with Crippen LogP contribution in [0.1, 0.15) is 52.9 Å². The highest BCUT2D eigenvalue weighted by Crippen LogP contribution is 2.33. The number of hydrogen-bond acceptors (Lipinski definition) is 0. The van der Waals surface area contributed by atoms with Gasteiger partial charge in [0.1, 0.15) is 0 Å². The average molecular weight is 154 g/mol. The lowest BCUT2D eigenvalue weighted by atomic mass is 9.86. The summed E-state index contributed by atoms with van der Waals surface area (Å²) in [6.07, 6.45) is 7.30. The Balaban J connectivity index is 2.43. The molecule has 1 saturated carbocycles. The van der Waals surface area contributed by atoms with Crippen LogP contribution in [0.25, 0.3) is 0 Å². The van der Waals surface area contributed by atoms with Crippen LogP contribution in [-0.2, 0) is 0 Å². The lowest BCUT2D eigenvalue weighted by Gasteiger charge is -2.20. The monoisotopic (exact) mass is 154 g/mol. The predicted octanol–water partition coefficient (Wildman–Crippen LogP) is 3.86. The van der Waals surface area contributed by atoms with E-state index in [1.165, 1.54) is 32.1 Å². The van der Waals surface area contributed by atoms with E-state index in [1.54, 1.807) is 0 Å². The fourth-order valence-corrected chi connectivity index (χ4v) is 2.56. The maximum atomic E-state index is 2.44. The fourth-order valence-electron chi connectivity index (χ4n) is 2.56. The second-order valence-electron chi connectivity index (χ2n) is 4.42. The summed E-state index contributed by atoms with van der Waals surface area (Å²) in [5.41, 5.74) is 0. The lowest BCUT2D eigenvalue weighted by molar-refractivity contribution is 0.310. The van der Waals surface area contributed by atoms with Crippen LogP contribution in [0.4, 0.5) is 0 Å². The molecule has 0 nitrogen and oxygen atoms in total. The van der Waals surface area contributed by atoms with E-state index in [2.05, 4.69) is 20.8 Å². The first-order chi connectivity index (χ1) is 5.24. The zero-order valence-electron chi connectivity index (χ0n) is 8.27. The molecule has 11 heavy (non-hydrogen) atoms. The highest BCUT2D eigenvalue weighted by atomic mass is 14.3. The van der Waals surface area contributed by atoms with Crippen molar-refractivity contribution < 1.29 is 0 Å². The van der Waals surface area contributed by atoms with Gasteiger partial charge in [-0.3, -0.25) is 0 Å². The van der Waals surface area contributed by atoms with Crippen LogP contribution < -0.4 is 0 Å². The molecular formula is C11H22. The summed E-state index contributed by atoms with van der Waals surface area (Å²) < 4.78 is 0. The Morgan fingerprint density at radius 1 is 1.18 bits per heavy atom. The van der Waals surface area contributed by atoms with Gasteiger partial charge in [0.15, 0.2) is 0 Å². The minimum absolute atomic E-state index is 0.984. The van der Waals surface area contributed by atoms with Crippen LogP contribution in [0.15, 0.2) is 0 Å². The molecule has 66 valence electrons. The molecule has 0 saturated heterocycles. The first-order valence-corrected chi connectivity index (χ1v) is 5.24. The quantitative estimate of drug-likeness (QED) is 0.503. The standard InChI is InChI=1S/C11H22/c1-4-11-7-5-6-9(2)8-10(11)3/h9-11H,4-8H2,1-3H3. The van der Waals surface area contributed by atoms with Crippen LogP contribution in [-0.4, -0.2) is 0 Å². The van der Waals surface area contributed by atoms with E-state index in [9.17, 15) is 0 Å². The normalized spacial score (nSPS) is 40.1. The highest BCUT2D eigenvalue weighted by molar-refractivity contribution is 4.72. The first kappa shape index (κ1) is 9.09. The molecular weight excluding hydrogens is 132 g/mol.